The lowest BCUT2D eigenvalue weighted by Crippen LogP contribution is -2.57. The molecule has 1 heterocycles. The molecule has 7 heteroatoms. The van der Waals surface area contributed by atoms with Crippen LogP contribution in [0.2, 0.25) is 0 Å². The van der Waals surface area contributed by atoms with E-state index in [2.05, 4.69) is 4.72 Å². The fourth-order valence-corrected chi connectivity index (χ4v) is 3.20. The topological polar surface area (TPSA) is 84.7 Å². The van der Waals surface area contributed by atoms with Crippen molar-refractivity contribution in [3.05, 3.63) is 0 Å². The van der Waals surface area contributed by atoms with Gasteiger partial charge in [-0.2, -0.15) is 12.7 Å². The molecule has 1 aliphatic carbocycles. The van der Waals surface area contributed by atoms with Gasteiger partial charge in [0.1, 0.15) is 0 Å². The maximum absolute atomic E-state index is 11.9. The van der Waals surface area contributed by atoms with Crippen LogP contribution in [0.5, 0.6) is 0 Å². The van der Waals surface area contributed by atoms with E-state index in [0.29, 0.717) is 32.8 Å². The van der Waals surface area contributed by atoms with Crippen LogP contribution in [0, 0.1) is 0 Å². The molecule has 2 aliphatic rings. The van der Waals surface area contributed by atoms with Crippen LogP contribution in [0.3, 0.4) is 0 Å². The third-order valence-corrected chi connectivity index (χ3v) is 4.82. The van der Waals surface area contributed by atoms with Crippen molar-refractivity contribution in [2.75, 3.05) is 32.8 Å². The third kappa shape index (κ3) is 2.72. The zero-order valence-corrected chi connectivity index (χ0v) is 10.1. The average molecular weight is 249 g/mol. The molecule has 0 radical (unpaired) electrons. The Kier molecular flexibility index (Phi) is 3.50. The second-order valence-corrected chi connectivity index (χ2v) is 6.31. The van der Waals surface area contributed by atoms with Crippen molar-refractivity contribution in [3.63, 3.8) is 0 Å². The normalized spacial score (nSPS) is 26.3. The van der Waals surface area contributed by atoms with Crippen LogP contribution in [0.1, 0.15) is 19.3 Å². The molecule has 1 saturated heterocycles. The molecule has 1 saturated carbocycles. The fraction of sp³-hybridized carbons (Fsp3) is 1.00. The molecule has 0 aromatic heterocycles. The summed E-state index contributed by atoms with van der Waals surface area (Å²) in [6.07, 6.45) is 2.90. The Bertz CT molecular complexity index is 334. The standard InChI is InChI=1S/C9H19N3O3S/c10-9(2-1-3-9)8-11-16(13,14)12-4-6-15-7-5-12/h11H,1-8,10H2. The first-order valence-electron chi connectivity index (χ1n) is 5.63. The molecule has 0 unspecified atom stereocenters. The van der Waals surface area contributed by atoms with Crippen LogP contribution < -0.4 is 10.5 Å². The molecule has 0 bridgehead atoms. The zero-order valence-electron chi connectivity index (χ0n) is 9.31. The Labute approximate surface area is 96.3 Å². The van der Waals surface area contributed by atoms with Gasteiger partial charge in [0.15, 0.2) is 0 Å². The van der Waals surface area contributed by atoms with E-state index in [0.717, 1.165) is 19.3 Å². The van der Waals surface area contributed by atoms with E-state index in [-0.39, 0.29) is 5.54 Å². The molecule has 3 N–H and O–H groups in total. The van der Waals surface area contributed by atoms with Crippen LogP contribution >= 0.6 is 0 Å². The van der Waals surface area contributed by atoms with Gasteiger partial charge >= 0.3 is 0 Å². The molecular formula is C9H19N3O3S. The van der Waals surface area contributed by atoms with Gasteiger partial charge in [0.05, 0.1) is 13.2 Å². The van der Waals surface area contributed by atoms with E-state index in [1.807, 2.05) is 0 Å². The Hall–Kier alpha value is -0.210. The van der Waals surface area contributed by atoms with Gasteiger partial charge in [-0.1, -0.05) is 0 Å². The number of morpholine rings is 1. The predicted octanol–water partition coefficient (Wildman–Crippen LogP) is -0.966. The molecule has 16 heavy (non-hydrogen) atoms. The summed E-state index contributed by atoms with van der Waals surface area (Å²) in [5, 5.41) is 0. The monoisotopic (exact) mass is 249 g/mol. The summed E-state index contributed by atoms with van der Waals surface area (Å²) in [5.74, 6) is 0. The van der Waals surface area contributed by atoms with Gasteiger partial charge in [-0.25, -0.2) is 4.72 Å². The molecule has 6 nitrogen and oxygen atoms in total. The zero-order chi connectivity index (χ0) is 11.6. The lowest BCUT2D eigenvalue weighted by molar-refractivity contribution is 0.0723. The number of nitrogens with one attached hydrogen (secondary N) is 1. The Morgan fingerprint density at radius 3 is 2.44 bits per heavy atom. The molecule has 0 spiro atoms. The van der Waals surface area contributed by atoms with Crippen LogP contribution in [0.4, 0.5) is 0 Å². The van der Waals surface area contributed by atoms with Crippen LogP contribution in [0.25, 0.3) is 0 Å². The van der Waals surface area contributed by atoms with Crippen LogP contribution in [0.15, 0.2) is 0 Å². The Balaban J connectivity index is 1.86. The lowest BCUT2D eigenvalue weighted by Gasteiger charge is -2.38. The molecule has 0 aromatic rings. The van der Waals surface area contributed by atoms with Crippen molar-refractivity contribution in [3.8, 4) is 0 Å². The number of hydrogen-bond acceptors (Lipinski definition) is 4. The lowest BCUT2D eigenvalue weighted by atomic mass is 9.78. The number of nitrogens with zero attached hydrogens (tertiary/aromatic N) is 1. The second-order valence-electron chi connectivity index (χ2n) is 4.55. The largest absolute Gasteiger partial charge is 0.379 e. The smallest absolute Gasteiger partial charge is 0.279 e. The summed E-state index contributed by atoms with van der Waals surface area (Å²) in [6.45, 7) is 2.12. The van der Waals surface area contributed by atoms with E-state index in [1.165, 1.54) is 4.31 Å². The average Bonchev–Trinajstić information content (AvgIpc) is 2.25. The van der Waals surface area contributed by atoms with Crippen molar-refractivity contribution in [2.24, 2.45) is 5.73 Å². The van der Waals surface area contributed by atoms with Crippen molar-refractivity contribution >= 4 is 10.2 Å². The van der Waals surface area contributed by atoms with Gasteiger partial charge in [0.25, 0.3) is 10.2 Å². The third-order valence-electron chi connectivity index (χ3n) is 3.27. The van der Waals surface area contributed by atoms with E-state index in [4.69, 9.17) is 10.5 Å². The first-order chi connectivity index (χ1) is 7.52. The van der Waals surface area contributed by atoms with Crippen molar-refractivity contribution in [1.82, 2.24) is 9.03 Å². The number of rotatable bonds is 4. The van der Waals surface area contributed by atoms with Gasteiger partial charge in [0.2, 0.25) is 0 Å². The highest BCUT2D eigenvalue weighted by Crippen LogP contribution is 2.28. The second kappa shape index (κ2) is 4.58. The van der Waals surface area contributed by atoms with Gasteiger partial charge in [-0.05, 0) is 19.3 Å². The SMILES string of the molecule is NC1(CNS(=O)(=O)N2CCOCC2)CCC1. The maximum Gasteiger partial charge on any atom is 0.279 e. The molecule has 1 aliphatic heterocycles. The summed E-state index contributed by atoms with van der Waals surface area (Å²) in [7, 11) is -3.37. The molecule has 2 rings (SSSR count). The summed E-state index contributed by atoms with van der Waals surface area (Å²) in [6, 6.07) is 0. The van der Waals surface area contributed by atoms with E-state index >= 15 is 0 Å². The van der Waals surface area contributed by atoms with E-state index < -0.39 is 10.2 Å². The highest BCUT2D eigenvalue weighted by Gasteiger charge is 2.34. The highest BCUT2D eigenvalue weighted by molar-refractivity contribution is 7.87. The quantitative estimate of drug-likeness (QED) is 0.671. The van der Waals surface area contributed by atoms with Crippen molar-refractivity contribution < 1.29 is 13.2 Å². The molecule has 0 atom stereocenters. The minimum Gasteiger partial charge on any atom is -0.379 e. The van der Waals surface area contributed by atoms with E-state index in [1.54, 1.807) is 0 Å². The summed E-state index contributed by atoms with van der Waals surface area (Å²) < 4.78 is 32.9. The van der Waals surface area contributed by atoms with Gasteiger partial charge in [-0.15, -0.1) is 0 Å². The predicted molar refractivity (Wildman–Crippen MR) is 60.1 cm³/mol. The molecule has 0 aromatic carbocycles. The van der Waals surface area contributed by atoms with Crippen molar-refractivity contribution in [2.45, 2.75) is 24.8 Å². The molecule has 94 valence electrons. The van der Waals surface area contributed by atoms with Crippen molar-refractivity contribution in [1.29, 1.82) is 0 Å². The fourth-order valence-electron chi connectivity index (χ4n) is 1.92. The number of nitrogens with two attached hydrogens (primary N) is 1. The van der Waals surface area contributed by atoms with E-state index in [9.17, 15) is 8.42 Å². The number of hydrogen-bond donors (Lipinski definition) is 2. The minimum absolute atomic E-state index is 0.320. The molecule has 2 fully saturated rings. The first kappa shape index (κ1) is 12.3. The molecule has 0 amide bonds. The Morgan fingerprint density at radius 2 is 1.94 bits per heavy atom. The highest BCUT2D eigenvalue weighted by atomic mass is 32.2. The summed E-state index contributed by atoms with van der Waals surface area (Å²) in [5.41, 5.74) is 5.65. The molecular weight excluding hydrogens is 230 g/mol. The first-order valence-corrected chi connectivity index (χ1v) is 7.07. The minimum atomic E-state index is -3.37. The van der Waals surface area contributed by atoms with Gasteiger partial charge in [0, 0.05) is 25.2 Å². The van der Waals surface area contributed by atoms with Gasteiger partial charge in [-0.3, -0.25) is 0 Å². The maximum atomic E-state index is 11.9. The van der Waals surface area contributed by atoms with Crippen LogP contribution in [-0.2, 0) is 14.9 Å². The Morgan fingerprint density at radius 1 is 1.31 bits per heavy atom. The summed E-state index contributed by atoms with van der Waals surface area (Å²) >= 11 is 0. The summed E-state index contributed by atoms with van der Waals surface area (Å²) in [4.78, 5) is 0. The number of ether oxygens (including phenoxy) is 1. The van der Waals surface area contributed by atoms with Crippen LogP contribution in [-0.4, -0.2) is 51.1 Å². The van der Waals surface area contributed by atoms with Gasteiger partial charge < -0.3 is 10.5 Å².